The minimum absolute atomic E-state index is 0.185. The van der Waals surface area contributed by atoms with E-state index >= 15 is 0 Å². The highest BCUT2D eigenvalue weighted by atomic mass is 16.3. The lowest BCUT2D eigenvalue weighted by Crippen LogP contribution is -2.07. The molecule has 0 aliphatic heterocycles. The summed E-state index contributed by atoms with van der Waals surface area (Å²) in [6.07, 6.45) is 0. The molecule has 0 saturated carbocycles. The molecule has 0 atom stereocenters. The number of carbonyl (C=O) groups is 1. The second-order valence-corrected chi connectivity index (χ2v) is 5.68. The zero-order valence-corrected chi connectivity index (χ0v) is 13.7. The van der Waals surface area contributed by atoms with Crippen molar-refractivity contribution >= 4 is 22.6 Å². The number of amides is 1. The van der Waals surface area contributed by atoms with Crippen LogP contribution in [0.2, 0.25) is 0 Å². The van der Waals surface area contributed by atoms with Gasteiger partial charge in [-0.25, -0.2) is 0 Å². The largest absolute Gasteiger partial charge is 0.456 e. The van der Waals surface area contributed by atoms with E-state index < -0.39 is 0 Å². The first-order chi connectivity index (χ1) is 12.6. The van der Waals surface area contributed by atoms with Crippen LogP contribution in [0.25, 0.3) is 33.7 Å². The van der Waals surface area contributed by atoms with Gasteiger partial charge in [-0.3, -0.25) is 9.59 Å². The van der Waals surface area contributed by atoms with Crippen molar-refractivity contribution in [2.75, 3.05) is 5.32 Å². The van der Waals surface area contributed by atoms with Crippen molar-refractivity contribution in [3.63, 3.8) is 0 Å². The summed E-state index contributed by atoms with van der Waals surface area (Å²) in [5, 5.41) is 16.8. The average Bonchev–Trinajstić information content (AvgIpc) is 3.16. The van der Waals surface area contributed by atoms with Crippen molar-refractivity contribution < 1.29 is 9.21 Å². The molecule has 0 spiro atoms. The molecule has 128 valence electrons. The number of tetrazole rings is 1. The van der Waals surface area contributed by atoms with E-state index in [4.69, 9.17) is 4.42 Å². The van der Waals surface area contributed by atoms with Gasteiger partial charge in [-0.15, -0.1) is 10.2 Å². The molecule has 4 aromatic rings. The van der Waals surface area contributed by atoms with Crippen LogP contribution in [0, 0.1) is 0 Å². The predicted molar refractivity (Wildman–Crippen MR) is 95.4 cm³/mol. The third-order valence-corrected chi connectivity index (χ3v) is 3.82. The normalized spacial score (nSPS) is 10.8. The van der Waals surface area contributed by atoms with E-state index in [1.807, 2.05) is 24.3 Å². The first-order valence-corrected chi connectivity index (χ1v) is 7.80. The summed E-state index contributed by atoms with van der Waals surface area (Å²) in [4.78, 5) is 23.6. The van der Waals surface area contributed by atoms with Crippen LogP contribution >= 0.6 is 0 Å². The fraction of sp³-hybridized carbons (Fsp3) is 0.0556. The maximum Gasteiger partial charge on any atom is 0.221 e. The fourth-order valence-corrected chi connectivity index (χ4v) is 2.65. The SMILES string of the molecule is CC(=O)Nc1ccc2oc(-c3ccc(-c4nn[nH]n4)cc3)cc(=O)c2c1. The molecule has 0 radical (unpaired) electrons. The van der Waals surface area contributed by atoms with Crippen LogP contribution in [-0.2, 0) is 4.79 Å². The van der Waals surface area contributed by atoms with Crippen LogP contribution in [0.5, 0.6) is 0 Å². The van der Waals surface area contributed by atoms with Crippen molar-refractivity contribution in [3.8, 4) is 22.7 Å². The number of fused-ring (bicyclic) bond motifs is 1. The molecule has 4 rings (SSSR count). The van der Waals surface area contributed by atoms with Crippen molar-refractivity contribution in [2.24, 2.45) is 0 Å². The zero-order valence-electron chi connectivity index (χ0n) is 13.7. The number of carbonyl (C=O) groups excluding carboxylic acids is 1. The minimum Gasteiger partial charge on any atom is -0.456 e. The van der Waals surface area contributed by atoms with Gasteiger partial charge in [0.2, 0.25) is 11.7 Å². The first-order valence-electron chi connectivity index (χ1n) is 7.80. The molecule has 1 amide bonds. The predicted octanol–water partition coefficient (Wildman–Crippen LogP) is 2.60. The maximum absolute atomic E-state index is 12.5. The summed E-state index contributed by atoms with van der Waals surface area (Å²) in [5.41, 5.74) is 2.36. The highest BCUT2D eigenvalue weighted by Gasteiger charge is 2.09. The topological polar surface area (TPSA) is 114 Å². The number of benzene rings is 2. The molecule has 2 heterocycles. The summed E-state index contributed by atoms with van der Waals surface area (Å²) in [5.74, 6) is 0.739. The molecule has 8 heteroatoms. The molecular formula is C18H13N5O3. The van der Waals surface area contributed by atoms with E-state index in [1.54, 1.807) is 18.2 Å². The van der Waals surface area contributed by atoms with E-state index in [0.717, 1.165) is 11.1 Å². The molecule has 0 fully saturated rings. The van der Waals surface area contributed by atoms with Gasteiger partial charge in [0.15, 0.2) is 5.43 Å². The number of H-pyrrole nitrogens is 1. The molecule has 2 N–H and O–H groups in total. The van der Waals surface area contributed by atoms with Gasteiger partial charge in [-0.2, -0.15) is 5.21 Å². The van der Waals surface area contributed by atoms with E-state index in [-0.39, 0.29) is 11.3 Å². The Labute approximate surface area is 146 Å². The number of hydrogen-bond donors (Lipinski definition) is 2. The summed E-state index contributed by atoms with van der Waals surface area (Å²) in [6.45, 7) is 1.41. The van der Waals surface area contributed by atoms with Crippen molar-refractivity contribution in [2.45, 2.75) is 6.92 Å². The summed E-state index contributed by atoms with van der Waals surface area (Å²) >= 11 is 0. The van der Waals surface area contributed by atoms with Gasteiger partial charge in [0.1, 0.15) is 11.3 Å². The van der Waals surface area contributed by atoms with Gasteiger partial charge in [0.05, 0.1) is 5.39 Å². The van der Waals surface area contributed by atoms with E-state index in [9.17, 15) is 9.59 Å². The minimum atomic E-state index is -0.202. The Bertz CT molecular complexity index is 1150. The molecule has 8 nitrogen and oxygen atoms in total. The summed E-state index contributed by atoms with van der Waals surface area (Å²) in [6, 6.07) is 13.7. The molecule has 0 bridgehead atoms. The van der Waals surface area contributed by atoms with Gasteiger partial charge < -0.3 is 9.73 Å². The van der Waals surface area contributed by atoms with Crippen LogP contribution in [0.1, 0.15) is 6.92 Å². The molecule has 0 aliphatic rings. The molecule has 2 aromatic heterocycles. The third-order valence-electron chi connectivity index (χ3n) is 3.82. The Balaban J connectivity index is 1.73. The number of nitrogens with one attached hydrogen (secondary N) is 2. The van der Waals surface area contributed by atoms with Crippen molar-refractivity contribution in [3.05, 3.63) is 58.8 Å². The van der Waals surface area contributed by atoms with Gasteiger partial charge in [0, 0.05) is 29.8 Å². The molecular weight excluding hydrogens is 334 g/mol. The number of nitrogens with zero attached hydrogens (tertiary/aromatic N) is 3. The molecule has 0 unspecified atom stereocenters. The zero-order chi connectivity index (χ0) is 18.1. The Kier molecular flexibility index (Phi) is 3.77. The molecule has 0 saturated heterocycles. The lowest BCUT2D eigenvalue weighted by Gasteiger charge is -2.06. The quantitative estimate of drug-likeness (QED) is 0.589. The van der Waals surface area contributed by atoms with E-state index in [0.29, 0.717) is 28.2 Å². The van der Waals surface area contributed by atoms with Crippen molar-refractivity contribution in [1.29, 1.82) is 0 Å². The Morgan fingerprint density at radius 2 is 1.85 bits per heavy atom. The van der Waals surface area contributed by atoms with Gasteiger partial charge in [-0.05, 0) is 23.4 Å². The second-order valence-electron chi connectivity index (χ2n) is 5.68. The average molecular weight is 347 g/mol. The van der Waals surface area contributed by atoms with E-state index in [2.05, 4.69) is 25.9 Å². The highest BCUT2D eigenvalue weighted by Crippen LogP contribution is 2.25. The summed E-state index contributed by atoms with van der Waals surface area (Å²) in [7, 11) is 0. The lowest BCUT2D eigenvalue weighted by atomic mass is 10.1. The van der Waals surface area contributed by atoms with Gasteiger partial charge >= 0.3 is 0 Å². The van der Waals surface area contributed by atoms with Crippen LogP contribution in [0.15, 0.2) is 57.7 Å². The van der Waals surface area contributed by atoms with Crippen LogP contribution in [0.4, 0.5) is 5.69 Å². The number of aromatic nitrogens is 4. The maximum atomic E-state index is 12.5. The second kappa shape index (κ2) is 6.25. The molecule has 26 heavy (non-hydrogen) atoms. The first kappa shape index (κ1) is 15.7. The Morgan fingerprint density at radius 1 is 1.08 bits per heavy atom. The van der Waals surface area contributed by atoms with Gasteiger partial charge in [0.25, 0.3) is 0 Å². The molecule has 0 aliphatic carbocycles. The standard InChI is InChI=1S/C18H13N5O3/c1-10(24)19-13-6-7-16-14(8-13)15(25)9-17(26-16)11-2-4-12(5-3-11)18-20-22-23-21-18/h2-9H,1H3,(H,19,24)(H,20,21,22,23). The highest BCUT2D eigenvalue weighted by molar-refractivity contribution is 5.92. The van der Waals surface area contributed by atoms with Crippen LogP contribution in [-0.4, -0.2) is 26.5 Å². The number of anilines is 1. The number of hydrogen-bond acceptors (Lipinski definition) is 6. The summed E-state index contributed by atoms with van der Waals surface area (Å²) < 4.78 is 5.86. The third kappa shape index (κ3) is 2.95. The monoisotopic (exact) mass is 347 g/mol. The Morgan fingerprint density at radius 3 is 2.54 bits per heavy atom. The lowest BCUT2D eigenvalue weighted by molar-refractivity contribution is -0.114. The van der Waals surface area contributed by atoms with Crippen molar-refractivity contribution in [1.82, 2.24) is 20.6 Å². The molecule has 2 aromatic carbocycles. The Hall–Kier alpha value is -3.81. The van der Waals surface area contributed by atoms with Crippen LogP contribution < -0.4 is 10.7 Å². The number of rotatable bonds is 3. The van der Waals surface area contributed by atoms with E-state index in [1.165, 1.54) is 13.0 Å². The number of aromatic amines is 1. The van der Waals surface area contributed by atoms with Gasteiger partial charge in [-0.1, -0.05) is 24.3 Å². The van der Waals surface area contributed by atoms with Crippen LogP contribution in [0.3, 0.4) is 0 Å². The fourth-order valence-electron chi connectivity index (χ4n) is 2.65. The smallest absolute Gasteiger partial charge is 0.221 e.